The van der Waals surface area contributed by atoms with Gasteiger partial charge in [0, 0.05) is 18.4 Å². The van der Waals surface area contributed by atoms with Crippen LogP contribution >= 0.6 is 11.6 Å². The molecule has 0 aliphatic rings. The Bertz CT molecular complexity index is 1260. The van der Waals surface area contributed by atoms with Crippen LogP contribution in [0, 0.1) is 5.82 Å². The first-order valence-electron chi connectivity index (χ1n) is 8.98. The lowest BCUT2D eigenvalue weighted by molar-refractivity contribution is -0.122. The minimum absolute atomic E-state index is 0.0112. The molecule has 1 amide bonds. The number of sulfonamides is 1. The summed E-state index contributed by atoms with van der Waals surface area (Å²) in [5.41, 5.74) is 0.747. The van der Waals surface area contributed by atoms with Crippen molar-refractivity contribution in [1.82, 2.24) is 15.3 Å². The Morgan fingerprint density at radius 3 is 2.62 bits per heavy atom. The number of hydrogen-bond donors (Lipinski definition) is 4. The highest BCUT2D eigenvalue weighted by atomic mass is 35.5. The average molecular weight is 481 g/mol. The lowest BCUT2D eigenvalue weighted by atomic mass is 10.3. The third-order valence-corrected chi connectivity index (χ3v) is 5.20. The molecule has 0 aliphatic heterocycles. The predicted molar refractivity (Wildman–Crippen MR) is 117 cm³/mol. The Morgan fingerprint density at radius 1 is 1.19 bits per heavy atom. The number of rotatable bonds is 8. The lowest BCUT2D eigenvalue weighted by Crippen LogP contribution is -2.24. The molecule has 0 aliphatic carbocycles. The first-order chi connectivity index (χ1) is 15.2. The third kappa shape index (κ3) is 6.03. The smallest absolute Gasteiger partial charge is 0.257 e. The van der Waals surface area contributed by atoms with E-state index in [4.69, 9.17) is 21.5 Å². The molecule has 13 heteroatoms. The summed E-state index contributed by atoms with van der Waals surface area (Å²) in [7, 11) is -2.41. The van der Waals surface area contributed by atoms with E-state index in [0.717, 1.165) is 6.20 Å². The van der Waals surface area contributed by atoms with Crippen LogP contribution in [-0.2, 0) is 14.8 Å². The van der Waals surface area contributed by atoms with E-state index in [1.807, 2.05) is 0 Å². The van der Waals surface area contributed by atoms with Crippen molar-refractivity contribution in [1.29, 1.82) is 0 Å². The van der Waals surface area contributed by atoms with Crippen LogP contribution in [0.25, 0.3) is 0 Å². The molecular formula is C19H18ClFN6O4S. The highest BCUT2D eigenvalue weighted by molar-refractivity contribution is 7.89. The summed E-state index contributed by atoms with van der Waals surface area (Å²) in [4.78, 5) is 19.1. The van der Waals surface area contributed by atoms with Crippen molar-refractivity contribution < 1.29 is 22.3 Å². The molecule has 0 fully saturated rings. The molecule has 5 N–H and O–H groups in total. The average Bonchev–Trinajstić information content (AvgIpc) is 2.75. The minimum atomic E-state index is -3.89. The van der Waals surface area contributed by atoms with E-state index in [9.17, 15) is 17.6 Å². The molecule has 0 unspecified atom stereocenters. The van der Waals surface area contributed by atoms with Gasteiger partial charge in [-0.3, -0.25) is 4.79 Å². The van der Waals surface area contributed by atoms with Crippen LogP contribution in [0.2, 0.25) is 5.02 Å². The number of carbonyl (C=O) groups excluding carboxylic acids is 1. The standard InChI is InChI=1S/C19H18ClFN6O4S/c1-23-17(28)10-31-16-6-5-12(8-14(16)20)25-18-15(21)9-24-19(27-18)26-11-3-2-4-13(7-11)32(22,29)30/h2-9H,10H2,1H3,(H,23,28)(H2,22,29,30)(H2,24,25,26,27). The molecule has 32 heavy (non-hydrogen) atoms. The number of aromatic nitrogens is 2. The number of primary sulfonamides is 1. The van der Waals surface area contributed by atoms with Crippen molar-refractivity contribution in [3.63, 3.8) is 0 Å². The van der Waals surface area contributed by atoms with Crippen LogP contribution in [0.5, 0.6) is 5.75 Å². The second-order valence-corrected chi connectivity index (χ2v) is 8.29. The molecule has 0 saturated carbocycles. The second kappa shape index (κ2) is 9.77. The zero-order valence-electron chi connectivity index (χ0n) is 16.6. The van der Waals surface area contributed by atoms with Gasteiger partial charge in [-0.2, -0.15) is 4.98 Å². The number of likely N-dealkylation sites (N-methyl/N-ethyl adjacent to an activating group) is 1. The molecule has 3 rings (SSSR count). The summed E-state index contributed by atoms with van der Waals surface area (Å²) in [6.45, 7) is -0.203. The van der Waals surface area contributed by atoms with Crippen LogP contribution in [0.4, 0.5) is 27.5 Å². The number of nitrogens with zero attached hydrogens (tertiary/aromatic N) is 2. The van der Waals surface area contributed by atoms with Gasteiger partial charge in [-0.05, 0) is 36.4 Å². The minimum Gasteiger partial charge on any atom is -0.482 e. The summed E-state index contributed by atoms with van der Waals surface area (Å²) in [5, 5.41) is 13.3. The van der Waals surface area contributed by atoms with Gasteiger partial charge in [-0.1, -0.05) is 17.7 Å². The molecule has 1 heterocycles. The number of ether oxygens (including phenoxy) is 1. The van der Waals surface area contributed by atoms with Crippen LogP contribution in [0.15, 0.2) is 53.6 Å². The number of nitrogens with two attached hydrogens (primary N) is 1. The lowest BCUT2D eigenvalue weighted by Gasteiger charge is -2.12. The van der Waals surface area contributed by atoms with Gasteiger partial charge in [0.2, 0.25) is 16.0 Å². The van der Waals surface area contributed by atoms with E-state index in [2.05, 4.69) is 25.9 Å². The van der Waals surface area contributed by atoms with Crippen molar-refractivity contribution >= 4 is 50.7 Å². The fourth-order valence-corrected chi connectivity index (χ4v) is 3.24. The maximum absolute atomic E-state index is 14.2. The molecule has 2 aromatic carbocycles. The number of nitrogens with one attached hydrogen (secondary N) is 3. The third-order valence-electron chi connectivity index (χ3n) is 4.00. The molecule has 168 valence electrons. The Balaban J connectivity index is 1.77. The summed E-state index contributed by atoms with van der Waals surface area (Å²) < 4.78 is 42.5. The van der Waals surface area contributed by atoms with E-state index in [1.54, 1.807) is 12.1 Å². The van der Waals surface area contributed by atoms with Gasteiger partial charge in [0.25, 0.3) is 5.91 Å². The quantitative estimate of drug-likeness (QED) is 0.384. The highest BCUT2D eigenvalue weighted by Gasteiger charge is 2.12. The van der Waals surface area contributed by atoms with Crippen molar-refractivity contribution in [2.24, 2.45) is 5.14 Å². The van der Waals surface area contributed by atoms with Gasteiger partial charge < -0.3 is 20.7 Å². The molecular weight excluding hydrogens is 463 g/mol. The van der Waals surface area contributed by atoms with Gasteiger partial charge in [0.05, 0.1) is 16.1 Å². The molecule has 0 radical (unpaired) electrons. The van der Waals surface area contributed by atoms with E-state index < -0.39 is 15.8 Å². The molecule has 3 aromatic rings. The summed E-state index contributed by atoms with van der Waals surface area (Å²) >= 11 is 6.16. The molecule has 0 spiro atoms. The van der Waals surface area contributed by atoms with Crippen LogP contribution < -0.4 is 25.8 Å². The van der Waals surface area contributed by atoms with E-state index in [-0.39, 0.29) is 39.9 Å². The number of halogens is 2. The van der Waals surface area contributed by atoms with Crippen LogP contribution in [0.3, 0.4) is 0 Å². The van der Waals surface area contributed by atoms with Gasteiger partial charge in [-0.25, -0.2) is 22.9 Å². The van der Waals surface area contributed by atoms with Crippen LogP contribution in [-0.4, -0.2) is 37.9 Å². The molecule has 10 nitrogen and oxygen atoms in total. The van der Waals surface area contributed by atoms with E-state index in [0.29, 0.717) is 11.4 Å². The highest BCUT2D eigenvalue weighted by Crippen LogP contribution is 2.29. The SMILES string of the molecule is CNC(=O)COc1ccc(Nc2nc(Nc3cccc(S(N)(=O)=O)c3)ncc2F)cc1Cl. The first kappa shape index (κ1) is 23.2. The molecule has 0 atom stereocenters. The fraction of sp³-hybridized carbons (Fsp3) is 0.105. The topological polar surface area (TPSA) is 148 Å². The molecule has 0 saturated heterocycles. The maximum Gasteiger partial charge on any atom is 0.257 e. The Morgan fingerprint density at radius 2 is 1.94 bits per heavy atom. The molecule has 0 bridgehead atoms. The second-order valence-electron chi connectivity index (χ2n) is 6.32. The van der Waals surface area contributed by atoms with Gasteiger partial charge in [0.15, 0.2) is 18.2 Å². The maximum atomic E-state index is 14.2. The fourth-order valence-electron chi connectivity index (χ4n) is 2.44. The van der Waals surface area contributed by atoms with Crippen LogP contribution in [0.1, 0.15) is 0 Å². The number of anilines is 4. The molecule has 1 aromatic heterocycles. The van der Waals surface area contributed by atoms with Crippen molar-refractivity contribution in [2.45, 2.75) is 4.90 Å². The number of carbonyl (C=O) groups is 1. The van der Waals surface area contributed by atoms with Crippen molar-refractivity contribution in [3.05, 3.63) is 59.5 Å². The van der Waals surface area contributed by atoms with Crippen molar-refractivity contribution in [2.75, 3.05) is 24.3 Å². The normalized spacial score (nSPS) is 11.0. The largest absolute Gasteiger partial charge is 0.482 e. The predicted octanol–water partition coefficient (Wildman–Crippen LogP) is 2.53. The van der Waals surface area contributed by atoms with Gasteiger partial charge in [-0.15, -0.1) is 0 Å². The summed E-state index contributed by atoms with van der Waals surface area (Å²) in [5.74, 6) is -0.913. The number of amides is 1. The summed E-state index contributed by atoms with van der Waals surface area (Å²) in [6, 6.07) is 10.3. The Kier molecular flexibility index (Phi) is 7.08. The van der Waals surface area contributed by atoms with E-state index in [1.165, 1.54) is 37.4 Å². The van der Waals surface area contributed by atoms with Gasteiger partial charge in [0.1, 0.15) is 5.75 Å². The van der Waals surface area contributed by atoms with E-state index >= 15 is 0 Å². The van der Waals surface area contributed by atoms with Crippen molar-refractivity contribution in [3.8, 4) is 5.75 Å². The monoisotopic (exact) mass is 480 g/mol. The number of hydrogen-bond acceptors (Lipinski definition) is 8. The first-order valence-corrected chi connectivity index (χ1v) is 10.9. The zero-order valence-corrected chi connectivity index (χ0v) is 18.2. The zero-order chi connectivity index (χ0) is 23.3. The summed E-state index contributed by atoms with van der Waals surface area (Å²) in [6.07, 6.45) is 0.948. The van der Waals surface area contributed by atoms with Gasteiger partial charge >= 0.3 is 0 Å². The number of benzene rings is 2. The Labute approximate surface area is 188 Å². The Hall–Kier alpha value is -3.48.